The molecule has 0 saturated heterocycles. The third-order valence-electron chi connectivity index (χ3n) is 1.56. The molecule has 0 bridgehead atoms. The van der Waals surface area contributed by atoms with E-state index in [9.17, 15) is 4.79 Å². The van der Waals surface area contributed by atoms with Gasteiger partial charge in [-0.15, -0.1) is 0 Å². The fraction of sp³-hybridized carbons (Fsp3) is 0. The summed E-state index contributed by atoms with van der Waals surface area (Å²) in [7, 11) is 0. The fourth-order valence-corrected chi connectivity index (χ4v) is 1.64. The van der Waals surface area contributed by atoms with Crippen LogP contribution >= 0.6 is 22.6 Å². The van der Waals surface area contributed by atoms with E-state index in [4.69, 9.17) is 0 Å². The van der Waals surface area contributed by atoms with Gasteiger partial charge in [-0.1, -0.05) is 0 Å². The first-order chi connectivity index (χ1) is 5.29. The lowest BCUT2D eigenvalue weighted by Gasteiger charge is -1.90. The van der Waals surface area contributed by atoms with Gasteiger partial charge in [0.25, 0.3) is 5.56 Å². The van der Waals surface area contributed by atoms with Crippen LogP contribution in [0.3, 0.4) is 0 Å². The molecule has 11 heavy (non-hydrogen) atoms. The van der Waals surface area contributed by atoms with E-state index in [0.717, 1.165) is 8.96 Å². The van der Waals surface area contributed by atoms with Gasteiger partial charge in [0.2, 0.25) is 0 Å². The number of hydrogen-bond acceptors (Lipinski definition) is 1. The Kier molecular flexibility index (Phi) is 1.49. The van der Waals surface area contributed by atoms with E-state index in [1.54, 1.807) is 12.4 Å². The molecule has 0 aliphatic carbocycles. The molecule has 4 heteroatoms. The normalized spacial score (nSPS) is 10.6. The van der Waals surface area contributed by atoms with Crippen LogP contribution in [0, 0.1) is 3.57 Å². The van der Waals surface area contributed by atoms with Crippen LogP contribution in [0.1, 0.15) is 0 Å². The molecule has 56 valence electrons. The molecule has 0 unspecified atom stereocenters. The van der Waals surface area contributed by atoms with Crippen LogP contribution in [-0.2, 0) is 0 Å². The van der Waals surface area contributed by atoms with E-state index in [1.165, 1.54) is 0 Å². The molecule has 2 heterocycles. The second-order valence-electron chi connectivity index (χ2n) is 2.23. The molecule has 2 rings (SSSR count). The summed E-state index contributed by atoms with van der Waals surface area (Å²) in [6.45, 7) is 0. The van der Waals surface area contributed by atoms with Gasteiger partial charge in [-0.25, -0.2) is 0 Å². The number of aromatic amines is 2. The standard InChI is InChI=1S/C7H5IN2O/c8-5-3-10-7(11)6-4(5)1-2-9-6/h1-3,9H,(H,10,11). The first kappa shape index (κ1) is 6.90. The fourth-order valence-electron chi connectivity index (χ4n) is 1.04. The molecule has 3 nitrogen and oxygen atoms in total. The summed E-state index contributed by atoms with van der Waals surface area (Å²) in [5, 5.41) is 0.981. The van der Waals surface area contributed by atoms with Crippen LogP contribution in [0.4, 0.5) is 0 Å². The summed E-state index contributed by atoms with van der Waals surface area (Å²) in [6, 6.07) is 1.90. The van der Waals surface area contributed by atoms with Gasteiger partial charge in [-0.3, -0.25) is 4.79 Å². The maximum Gasteiger partial charge on any atom is 0.272 e. The Balaban J connectivity index is 3.08. The average Bonchev–Trinajstić information content (AvgIpc) is 2.45. The van der Waals surface area contributed by atoms with E-state index < -0.39 is 0 Å². The van der Waals surface area contributed by atoms with Crippen molar-refractivity contribution in [2.45, 2.75) is 0 Å². The summed E-state index contributed by atoms with van der Waals surface area (Å²) in [4.78, 5) is 16.6. The van der Waals surface area contributed by atoms with Crippen molar-refractivity contribution in [2.75, 3.05) is 0 Å². The zero-order valence-electron chi connectivity index (χ0n) is 5.52. The molecule has 2 aromatic rings. The zero-order valence-corrected chi connectivity index (χ0v) is 7.68. The highest BCUT2D eigenvalue weighted by atomic mass is 127. The number of pyridine rings is 1. The Bertz CT molecular complexity index is 443. The van der Waals surface area contributed by atoms with Gasteiger partial charge < -0.3 is 9.97 Å². The van der Waals surface area contributed by atoms with Gasteiger partial charge in [0.1, 0.15) is 5.52 Å². The maximum atomic E-state index is 11.1. The molecule has 2 N–H and O–H groups in total. The molecule has 0 amide bonds. The van der Waals surface area contributed by atoms with Gasteiger partial charge in [0.15, 0.2) is 0 Å². The van der Waals surface area contributed by atoms with E-state index in [0.29, 0.717) is 5.52 Å². The molecule has 0 aliphatic rings. The summed E-state index contributed by atoms with van der Waals surface area (Å²) in [5.74, 6) is 0. The van der Waals surface area contributed by atoms with Crippen LogP contribution in [0.25, 0.3) is 10.9 Å². The second kappa shape index (κ2) is 2.37. The van der Waals surface area contributed by atoms with Crippen molar-refractivity contribution in [1.29, 1.82) is 0 Å². The Morgan fingerprint density at radius 1 is 1.36 bits per heavy atom. The number of H-pyrrole nitrogens is 2. The Labute approximate surface area is 76.0 Å². The molecule has 0 fully saturated rings. The first-order valence-electron chi connectivity index (χ1n) is 3.13. The minimum Gasteiger partial charge on any atom is -0.357 e. The van der Waals surface area contributed by atoms with Crippen molar-refractivity contribution in [3.8, 4) is 0 Å². The molecule has 0 spiro atoms. The van der Waals surface area contributed by atoms with Gasteiger partial charge in [0.05, 0.1) is 0 Å². The molecule has 0 atom stereocenters. The van der Waals surface area contributed by atoms with E-state index in [1.807, 2.05) is 6.07 Å². The molecular formula is C7H5IN2O. The van der Waals surface area contributed by atoms with Crippen LogP contribution in [0.2, 0.25) is 0 Å². The van der Waals surface area contributed by atoms with Gasteiger partial charge in [0, 0.05) is 21.4 Å². The van der Waals surface area contributed by atoms with Crippen molar-refractivity contribution in [3.05, 3.63) is 32.4 Å². The van der Waals surface area contributed by atoms with Crippen LogP contribution in [-0.4, -0.2) is 9.97 Å². The molecule has 0 saturated carbocycles. The van der Waals surface area contributed by atoms with E-state index in [-0.39, 0.29) is 5.56 Å². The highest BCUT2D eigenvalue weighted by Crippen LogP contribution is 2.14. The quantitative estimate of drug-likeness (QED) is 0.692. The first-order valence-corrected chi connectivity index (χ1v) is 4.21. The van der Waals surface area contributed by atoms with E-state index in [2.05, 4.69) is 32.6 Å². The number of rotatable bonds is 0. The number of nitrogens with one attached hydrogen (secondary N) is 2. The minimum absolute atomic E-state index is 0.0644. The largest absolute Gasteiger partial charge is 0.357 e. The Morgan fingerprint density at radius 2 is 2.18 bits per heavy atom. The summed E-state index contributed by atoms with van der Waals surface area (Å²) < 4.78 is 1.05. The van der Waals surface area contributed by atoms with Gasteiger partial charge >= 0.3 is 0 Å². The van der Waals surface area contributed by atoms with E-state index >= 15 is 0 Å². The van der Waals surface area contributed by atoms with Crippen molar-refractivity contribution in [3.63, 3.8) is 0 Å². The summed E-state index contributed by atoms with van der Waals surface area (Å²) in [6.07, 6.45) is 3.47. The third-order valence-corrected chi connectivity index (χ3v) is 2.45. The summed E-state index contributed by atoms with van der Waals surface area (Å²) >= 11 is 2.18. The van der Waals surface area contributed by atoms with Crippen molar-refractivity contribution in [1.82, 2.24) is 9.97 Å². The number of fused-ring (bicyclic) bond motifs is 1. The van der Waals surface area contributed by atoms with Crippen molar-refractivity contribution >= 4 is 33.5 Å². The SMILES string of the molecule is O=c1[nH]cc(I)c2cc[nH]c12. The molecule has 2 aromatic heterocycles. The molecule has 0 radical (unpaired) electrons. The average molecular weight is 260 g/mol. The van der Waals surface area contributed by atoms with Crippen molar-refractivity contribution < 1.29 is 0 Å². The number of halogens is 1. The Hall–Kier alpha value is -0.780. The zero-order chi connectivity index (χ0) is 7.84. The smallest absolute Gasteiger partial charge is 0.272 e. The van der Waals surface area contributed by atoms with Gasteiger partial charge in [-0.2, -0.15) is 0 Å². The lowest BCUT2D eigenvalue weighted by atomic mass is 10.3. The lowest BCUT2D eigenvalue weighted by molar-refractivity contribution is 1.24. The molecular weight excluding hydrogens is 255 g/mol. The highest BCUT2D eigenvalue weighted by Gasteiger charge is 2.01. The lowest BCUT2D eigenvalue weighted by Crippen LogP contribution is -2.05. The van der Waals surface area contributed by atoms with Crippen molar-refractivity contribution in [2.24, 2.45) is 0 Å². The van der Waals surface area contributed by atoms with Crippen LogP contribution in [0.5, 0.6) is 0 Å². The second-order valence-corrected chi connectivity index (χ2v) is 3.39. The summed E-state index contributed by atoms with van der Waals surface area (Å²) in [5.41, 5.74) is 0.585. The predicted molar refractivity (Wildman–Crippen MR) is 51.6 cm³/mol. The number of aromatic nitrogens is 2. The third kappa shape index (κ3) is 0.973. The highest BCUT2D eigenvalue weighted by molar-refractivity contribution is 14.1. The molecule has 0 aromatic carbocycles. The molecule has 0 aliphatic heterocycles. The van der Waals surface area contributed by atoms with Gasteiger partial charge in [-0.05, 0) is 28.7 Å². The predicted octanol–water partition coefficient (Wildman–Crippen LogP) is 1.46. The monoisotopic (exact) mass is 260 g/mol. The maximum absolute atomic E-state index is 11.1. The van der Waals surface area contributed by atoms with Crippen LogP contribution < -0.4 is 5.56 Å². The number of hydrogen-bond donors (Lipinski definition) is 2. The topological polar surface area (TPSA) is 48.6 Å². The minimum atomic E-state index is -0.0644. The van der Waals surface area contributed by atoms with Crippen LogP contribution in [0.15, 0.2) is 23.3 Å². The Morgan fingerprint density at radius 3 is 2.91 bits per heavy atom.